The summed E-state index contributed by atoms with van der Waals surface area (Å²) in [7, 11) is 0. The van der Waals surface area contributed by atoms with Gasteiger partial charge in [-0.2, -0.15) is 5.10 Å². The first-order valence-corrected chi connectivity index (χ1v) is 6.18. The van der Waals surface area contributed by atoms with Crippen molar-refractivity contribution in [2.24, 2.45) is 0 Å². The number of aromatic nitrogens is 5. The van der Waals surface area contributed by atoms with E-state index in [9.17, 15) is 0 Å². The summed E-state index contributed by atoms with van der Waals surface area (Å²) >= 11 is 3.50. The Kier molecular flexibility index (Phi) is 2.37. The van der Waals surface area contributed by atoms with Gasteiger partial charge in [0.15, 0.2) is 11.5 Å². The number of anilines is 1. The fraction of sp³-hybridized carbons (Fsp3) is 0.182. The van der Waals surface area contributed by atoms with Crippen molar-refractivity contribution in [2.75, 3.05) is 5.73 Å². The van der Waals surface area contributed by atoms with Crippen LogP contribution in [-0.2, 0) is 0 Å². The number of nitrogens with zero attached hydrogens (tertiary/aromatic N) is 5. The van der Waals surface area contributed by atoms with Crippen LogP contribution in [0.4, 0.5) is 5.82 Å². The van der Waals surface area contributed by atoms with Crippen LogP contribution in [0.15, 0.2) is 23.1 Å². The molecule has 0 aliphatic rings. The topological polar surface area (TPSA) is 74.0 Å². The number of imidazole rings is 1. The van der Waals surface area contributed by atoms with Gasteiger partial charge >= 0.3 is 0 Å². The second kappa shape index (κ2) is 3.81. The summed E-state index contributed by atoms with van der Waals surface area (Å²) in [5, 5.41) is 4.45. The maximum absolute atomic E-state index is 5.80. The molecule has 0 unspecified atom stereocenters. The summed E-state index contributed by atoms with van der Waals surface area (Å²) in [5.41, 5.74) is 8.40. The van der Waals surface area contributed by atoms with Crippen LogP contribution in [0.25, 0.3) is 11.5 Å². The Hall–Kier alpha value is -1.89. The number of hydrogen-bond donors (Lipinski definition) is 1. The van der Waals surface area contributed by atoms with E-state index in [0.717, 1.165) is 21.5 Å². The number of fused-ring (bicyclic) bond motifs is 1. The van der Waals surface area contributed by atoms with E-state index in [0.29, 0.717) is 11.6 Å². The van der Waals surface area contributed by atoms with Gasteiger partial charge in [0, 0.05) is 12.4 Å². The highest BCUT2D eigenvalue weighted by atomic mass is 79.9. The van der Waals surface area contributed by atoms with Crippen LogP contribution >= 0.6 is 15.9 Å². The van der Waals surface area contributed by atoms with E-state index in [4.69, 9.17) is 5.73 Å². The Labute approximate surface area is 112 Å². The van der Waals surface area contributed by atoms with Crippen LogP contribution in [0.5, 0.6) is 0 Å². The molecule has 0 saturated heterocycles. The zero-order valence-electron chi connectivity index (χ0n) is 9.92. The average molecular weight is 307 g/mol. The van der Waals surface area contributed by atoms with Gasteiger partial charge in [0.05, 0.1) is 22.1 Å². The van der Waals surface area contributed by atoms with Crippen molar-refractivity contribution in [2.45, 2.75) is 13.8 Å². The van der Waals surface area contributed by atoms with Gasteiger partial charge < -0.3 is 10.1 Å². The molecule has 2 N–H and O–H groups in total. The predicted molar refractivity (Wildman–Crippen MR) is 71.7 cm³/mol. The van der Waals surface area contributed by atoms with Crippen molar-refractivity contribution in [1.82, 2.24) is 24.1 Å². The van der Waals surface area contributed by atoms with Gasteiger partial charge in [-0.3, -0.25) is 0 Å². The molecule has 6 nitrogen and oxygen atoms in total. The zero-order chi connectivity index (χ0) is 12.9. The number of rotatable bonds is 1. The first-order chi connectivity index (χ1) is 8.58. The van der Waals surface area contributed by atoms with Gasteiger partial charge in [-0.15, -0.1) is 0 Å². The molecule has 0 saturated carbocycles. The van der Waals surface area contributed by atoms with E-state index >= 15 is 0 Å². The fourth-order valence-corrected chi connectivity index (χ4v) is 2.15. The van der Waals surface area contributed by atoms with E-state index < -0.39 is 0 Å². The molecule has 3 aromatic rings. The molecule has 3 heterocycles. The SMILES string of the molecule is Cc1nn(-c2nc(N)cn3ccnc23)c(C)c1Br. The van der Waals surface area contributed by atoms with Crippen LogP contribution in [0.1, 0.15) is 11.4 Å². The lowest BCUT2D eigenvalue weighted by Gasteiger charge is -2.06. The number of nitrogens with two attached hydrogens (primary N) is 1. The Morgan fingerprint density at radius 1 is 1.33 bits per heavy atom. The van der Waals surface area contributed by atoms with E-state index in [1.54, 1.807) is 17.1 Å². The summed E-state index contributed by atoms with van der Waals surface area (Å²) in [6.07, 6.45) is 5.27. The molecule has 3 aromatic heterocycles. The third kappa shape index (κ3) is 1.51. The standard InChI is InChI=1S/C11H11BrN6/c1-6-9(12)7(2)18(16-6)11-10-14-3-4-17(10)5-8(13)15-11/h3-5H,13H2,1-2H3. The lowest BCUT2D eigenvalue weighted by molar-refractivity contribution is 0.804. The molecular formula is C11H11BrN6. The molecule has 0 atom stereocenters. The third-order valence-corrected chi connectivity index (χ3v) is 3.93. The molecule has 7 heteroatoms. The van der Waals surface area contributed by atoms with E-state index in [2.05, 4.69) is 31.0 Å². The minimum Gasteiger partial charge on any atom is -0.382 e. The van der Waals surface area contributed by atoms with Crippen molar-refractivity contribution in [3.05, 3.63) is 34.5 Å². The molecule has 0 radical (unpaired) electrons. The monoisotopic (exact) mass is 306 g/mol. The molecule has 0 aliphatic heterocycles. The molecule has 0 spiro atoms. The molecule has 0 aromatic carbocycles. The van der Waals surface area contributed by atoms with Gasteiger partial charge in [0.2, 0.25) is 0 Å². The molecule has 0 fully saturated rings. The van der Waals surface area contributed by atoms with Crippen molar-refractivity contribution in [3.63, 3.8) is 0 Å². The average Bonchev–Trinajstić information content (AvgIpc) is 2.88. The summed E-state index contributed by atoms with van der Waals surface area (Å²) < 4.78 is 4.55. The van der Waals surface area contributed by atoms with Gasteiger partial charge in [0.1, 0.15) is 5.82 Å². The smallest absolute Gasteiger partial charge is 0.199 e. The highest BCUT2D eigenvalue weighted by molar-refractivity contribution is 9.10. The summed E-state index contributed by atoms with van der Waals surface area (Å²) in [6, 6.07) is 0. The van der Waals surface area contributed by atoms with Crippen LogP contribution in [0.3, 0.4) is 0 Å². The maximum atomic E-state index is 5.80. The number of aryl methyl sites for hydroxylation is 1. The molecule has 92 valence electrons. The van der Waals surface area contributed by atoms with Crippen LogP contribution in [0, 0.1) is 13.8 Å². The van der Waals surface area contributed by atoms with Crippen LogP contribution < -0.4 is 5.73 Å². The van der Waals surface area contributed by atoms with Crippen molar-refractivity contribution >= 4 is 27.4 Å². The molecule has 3 rings (SSSR count). The highest BCUT2D eigenvalue weighted by Crippen LogP contribution is 2.24. The highest BCUT2D eigenvalue weighted by Gasteiger charge is 2.15. The maximum Gasteiger partial charge on any atom is 0.199 e. The Morgan fingerprint density at radius 3 is 2.78 bits per heavy atom. The Morgan fingerprint density at radius 2 is 2.11 bits per heavy atom. The lowest BCUT2D eigenvalue weighted by atomic mass is 10.4. The van der Waals surface area contributed by atoms with E-state index in [-0.39, 0.29) is 0 Å². The first-order valence-electron chi connectivity index (χ1n) is 5.39. The predicted octanol–water partition coefficient (Wildman–Crippen LogP) is 1.88. The van der Waals surface area contributed by atoms with Crippen molar-refractivity contribution < 1.29 is 0 Å². The van der Waals surface area contributed by atoms with E-state index in [1.807, 2.05) is 24.4 Å². The van der Waals surface area contributed by atoms with Gasteiger partial charge in [-0.05, 0) is 29.8 Å². The van der Waals surface area contributed by atoms with Crippen molar-refractivity contribution in [3.8, 4) is 5.82 Å². The third-order valence-electron chi connectivity index (χ3n) is 2.78. The fourth-order valence-electron chi connectivity index (χ4n) is 1.91. The molecule has 0 aliphatic carbocycles. The lowest BCUT2D eigenvalue weighted by Crippen LogP contribution is -2.07. The Balaban J connectivity index is 2.37. The number of halogens is 1. The second-order valence-corrected chi connectivity index (χ2v) is 4.84. The first kappa shape index (κ1) is 11.2. The Bertz CT molecular complexity index is 741. The van der Waals surface area contributed by atoms with Crippen molar-refractivity contribution in [1.29, 1.82) is 0 Å². The summed E-state index contributed by atoms with van der Waals surface area (Å²) in [5.74, 6) is 1.06. The second-order valence-electron chi connectivity index (χ2n) is 4.04. The minimum absolute atomic E-state index is 0.430. The van der Waals surface area contributed by atoms with Gasteiger partial charge in [0.25, 0.3) is 0 Å². The number of nitrogen functional groups attached to an aromatic ring is 1. The largest absolute Gasteiger partial charge is 0.382 e. The van der Waals surface area contributed by atoms with Crippen LogP contribution in [0.2, 0.25) is 0 Å². The molecular weight excluding hydrogens is 296 g/mol. The quantitative estimate of drug-likeness (QED) is 0.745. The number of hydrogen-bond acceptors (Lipinski definition) is 4. The molecule has 0 bridgehead atoms. The molecule has 18 heavy (non-hydrogen) atoms. The zero-order valence-corrected chi connectivity index (χ0v) is 11.5. The summed E-state index contributed by atoms with van der Waals surface area (Å²) in [4.78, 5) is 8.62. The van der Waals surface area contributed by atoms with Gasteiger partial charge in [-0.25, -0.2) is 14.6 Å². The van der Waals surface area contributed by atoms with Gasteiger partial charge in [-0.1, -0.05) is 0 Å². The summed E-state index contributed by atoms with van der Waals surface area (Å²) in [6.45, 7) is 3.90. The molecule has 0 amide bonds. The van der Waals surface area contributed by atoms with Crippen LogP contribution in [-0.4, -0.2) is 24.1 Å². The minimum atomic E-state index is 0.430. The van der Waals surface area contributed by atoms with E-state index in [1.165, 1.54) is 0 Å². The normalized spacial score (nSPS) is 11.3.